The predicted molar refractivity (Wildman–Crippen MR) is 109 cm³/mol. The number of anilines is 2. The zero-order chi connectivity index (χ0) is 19.1. The highest BCUT2D eigenvalue weighted by Crippen LogP contribution is 2.36. The molecular formula is C21H19N5O2. The van der Waals surface area contributed by atoms with E-state index in [1.165, 1.54) is 0 Å². The number of phenolic OH excluding ortho intramolecular Hbond substituents is 1. The molecule has 0 atom stereocenters. The standard InChI is InChI=1S/C21H19N5O2/c22-21-18-8-14(13-5-6-23-19(9-13)24-15-10-28-11-15)7-17(20(18)25-26-21)12-1-3-16(27)4-2-12/h1-9,15,27H,10-11H2,(H,23,24)(H3,22,25,26). The maximum atomic E-state index is 9.62. The number of H-pyrrole nitrogens is 1. The van der Waals surface area contributed by atoms with Gasteiger partial charge in [0.1, 0.15) is 11.6 Å². The van der Waals surface area contributed by atoms with Crippen molar-refractivity contribution in [3.05, 3.63) is 54.7 Å². The minimum atomic E-state index is 0.227. The average Bonchev–Trinajstić information content (AvgIpc) is 3.06. The van der Waals surface area contributed by atoms with E-state index in [0.717, 1.165) is 39.0 Å². The molecule has 4 aromatic rings. The van der Waals surface area contributed by atoms with Gasteiger partial charge in [-0.3, -0.25) is 5.10 Å². The zero-order valence-electron chi connectivity index (χ0n) is 15.0. The van der Waals surface area contributed by atoms with E-state index in [1.54, 1.807) is 18.3 Å². The molecule has 0 spiro atoms. The van der Waals surface area contributed by atoms with Crippen molar-refractivity contribution in [3.8, 4) is 28.0 Å². The molecule has 0 aliphatic carbocycles. The Morgan fingerprint density at radius 2 is 1.86 bits per heavy atom. The van der Waals surface area contributed by atoms with Crippen molar-refractivity contribution in [2.45, 2.75) is 6.04 Å². The summed E-state index contributed by atoms with van der Waals surface area (Å²) in [7, 11) is 0. The summed E-state index contributed by atoms with van der Waals surface area (Å²) >= 11 is 0. The molecule has 1 saturated heterocycles. The zero-order valence-corrected chi connectivity index (χ0v) is 15.0. The van der Waals surface area contributed by atoms with Crippen molar-refractivity contribution in [3.63, 3.8) is 0 Å². The number of nitrogens with zero attached hydrogens (tertiary/aromatic N) is 2. The molecule has 0 radical (unpaired) electrons. The van der Waals surface area contributed by atoms with Crippen molar-refractivity contribution < 1.29 is 9.84 Å². The van der Waals surface area contributed by atoms with Crippen molar-refractivity contribution in [1.82, 2.24) is 15.2 Å². The first kappa shape index (κ1) is 16.6. The first-order valence-corrected chi connectivity index (χ1v) is 9.05. The van der Waals surface area contributed by atoms with E-state index >= 15 is 0 Å². The van der Waals surface area contributed by atoms with Crippen LogP contribution in [-0.4, -0.2) is 39.5 Å². The third-order valence-electron chi connectivity index (χ3n) is 4.96. The van der Waals surface area contributed by atoms with Crippen LogP contribution in [0.2, 0.25) is 0 Å². The van der Waals surface area contributed by atoms with Crippen LogP contribution in [0.25, 0.3) is 33.2 Å². The van der Waals surface area contributed by atoms with Crippen LogP contribution in [0, 0.1) is 0 Å². The fourth-order valence-corrected chi connectivity index (χ4v) is 3.39. The predicted octanol–water partition coefficient (Wildman–Crippen LogP) is 3.39. The molecule has 5 N–H and O–H groups in total. The van der Waals surface area contributed by atoms with Crippen molar-refractivity contribution >= 4 is 22.5 Å². The topological polar surface area (TPSA) is 109 Å². The van der Waals surface area contributed by atoms with Crippen LogP contribution in [0.5, 0.6) is 5.75 Å². The van der Waals surface area contributed by atoms with Gasteiger partial charge in [-0.25, -0.2) is 4.98 Å². The van der Waals surface area contributed by atoms with E-state index < -0.39 is 0 Å². The molecule has 140 valence electrons. The lowest BCUT2D eigenvalue weighted by Gasteiger charge is -2.27. The number of hydrogen-bond donors (Lipinski definition) is 4. The number of benzene rings is 2. The van der Waals surface area contributed by atoms with Crippen LogP contribution in [0.1, 0.15) is 0 Å². The van der Waals surface area contributed by atoms with E-state index in [-0.39, 0.29) is 5.75 Å². The van der Waals surface area contributed by atoms with Gasteiger partial charge in [-0.1, -0.05) is 12.1 Å². The molecule has 28 heavy (non-hydrogen) atoms. The molecule has 1 aliphatic heterocycles. The number of aromatic amines is 1. The van der Waals surface area contributed by atoms with Crippen LogP contribution in [-0.2, 0) is 4.74 Å². The van der Waals surface area contributed by atoms with Gasteiger partial charge in [-0.2, -0.15) is 5.10 Å². The minimum Gasteiger partial charge on any atom is -0.508 e. The van der Waals surface area contributed by atoms with E-state index in [9.17, 15) is 5.11 Å². The van der Waals surface area contributed by atoms with E-state index in [1.807, 2.05) is 30.3 Å². The van der Waals surface area contributed by atoms with Crippen molar-refractivity contribution in [2.75, 3.05) is 24.3 Å². The number of aromatic nitrogens is 3. The Morgan fingerprint density at radius 3 is 2.61 bits per heavy atom. The summed E-state index contributed by atoms with van der Waals surface area (Å²) in [4.78, 5) is 4.41. The number of phenols is 1. The van der Waals surface area contributed by atoms with Crippen LogP contribution < -0.4 is 11.1 Å². The Hall–Kier alpha value is -3.58. The average molecular weight is 373 g/mol. The van der Waals surface area contributed by atoms with Gasteiger partial charge >= 0.3 is 0 Å². The lowest BCUT2D eigenvalue weighted by molar-refractivity contribution is 0.0209. The number of nitrogens with one attached hydrogen (secondary N) is 2. The summed E-state index contributed by atoms with van der Waals surface area (Å²) in [5, 5.41) is 21.1. The second-order valence-corrected chi connectivity index (χ2v) is 6.91. The number of fused-ring (bicyclic) bond motifs is 1. The first-order valence-electron chi connectivity index (χ1n) is 9.05. The molecule has 0 bridgehead atoms. The maximum absolute atomic E-state index is 9.62. The van der Waals surface area contributed by atoms with Crippen LogP contribution in [0.4, 0.5) is 11.6 Å². The van der Waals surface area contributed by atoms with E-state index in [4.69, 9.17) is 10.5 Å². The first-order chi connectivity index (χ1) is 13.7. The fourth-order valence-electron chi connectivity index (χ4n) is 3.39. The Morgan fingerprint density at radius 1 is 1.04 bits per heavy atom. The molecule has 7 heteroatoms. The van der Waals surface area contributed by atoms with Crippen molar-refractivity contribution in [1.29, 1.82) is 0 Å². The molecule has 1 aliphatic rings. The Labute approximate surface area is 161 Å². The SMILES string of the molecule is Nc1n[nH]c2c(-c3ccc(O)cc3)cc(-c3ccnc(NC4COC4)c3)cc12. The van der Waals surface area contributed by atoms with Crippen molar-refractivity contribution in [2.24, 2.45) is 0 Å². The monoisotopic (exact) mass is 373 g/mol. The van der Waals surface area contributed by atoms with Gasteiger partial charge in [0.15, 0.2) is 5.82 Å². The molecule has 7 nitrogen and oxygen atoms in total. The summed E-state index contributed by atoms with van der Waals surface area (Å²) in [5.74, 6) is 1.50. The van der Waals surface area contributed by atoms with Gasteiger partial charge in [-0.05, 0) is 53.1 Å². The van der Waals surface area contributed by atoms with Gasteiger partial charge in [0, 0.05) is 17.1 Å². The molecule has 2 aromatic heterocycles. The quantitative estimate of drug-likeness (QED) is 0.437. The van der Waals surface area contributed by atoms with Gasteiger partial charge in [0.2, 0.25) is 0 Å². The second-order valence-electron chi connectivity index (χ2n) is 6.91. The van der Waals surface area contributed by atoms with E-state index in [2.05, 4.69) is 26.6 Å². The van der Waals surface area contributed by atoms with E-state index in [0.29, 0.717) is 25.1 Å². The van der Waals surface area contributed by atoms with Crippen LogP contribution >= 0.6 is 0 Å². The number of ether oxygens (including phenoxy) is 1. The second kappa shape index (κ2) is 6.54. The van der Waals surface area contributed by atoms with Gasteiger partial charge in [0.25, 0.3) is 0 Å². The Balaban J connectivity index is 1.62. The van der Waals surface area contributed by atoms with Gasteiger partial charge < -0.3 is 20.9 Å². The smallest absolute Gasteiger partial charge is 0.153 e. The highest BCUT2D eigenvalue weighted by molar-refractivity contribution is 6.02. The molecular weight excluding hydrogens is 354 g/mol. The number of pyridine rings is 1. The normalized spacial score (nSPS) is 14.1. The third-order valence-corrected chi connectivity index (χ3v) is 4.96. The summed E-state index contributed by atoms with van der Waals surface area (Å²) in [6.07, 6.45) is 1.79. The summed E-state index contributed by atoms with van der Waals surface area (Å²) < 4.78 is 5.22. The molecule has 0 saturated carbocycles. The minimum absolute atomic E-state index is 0.227. The molecule has 0 unspecified atom stereocenters. The molecule has 1 fully saturated rings. The lowest BCUT2D eigenvalue weighted by atomic mass is 9.96. The largest absolute Gasteiger partial charge is 0.508 e. The Kier molecular flexibility index (Phi) is 3.87. The molecule has 2 aromatic carbocycles. The Bertz CT molecular complexity index is 1150. The lowest BCUT2D eigenvalue weighted by Crippen LogP contribution is -2.40. The van der Waals surface area contributed by atoms with Gasteiger partial charge in [-0.15, -0.1) is 0 Å². The van der Waals surface area contributed by atoms with Crippen LogP contribution in [0.15, 0.2) is 54.7 Å². The number of nitrogen functional groups attached to an aromatic ring is 1. The van der Waals surface area contributed by atoms with Gasteiger partial charge in [0.05, 0.1) is 24.8 Å². The highest BCUT2D eigenvalue weighted by atomic mass is 16.5. The third kappa shape index (κ3) is 2.91. The molecule has 0 amide bonds. The summed E-state index contributed by atoms with van der Waals surface area (Å²) in [6, 6.07) is 15.5. The number of hydrogen-bond acceptors (Lipinski definition) is 6. The maximum Gasteiger partial charge on any atom is 0.153 e. The fraction of sp³-hybridized carbons (Fsp3) is 0.143. The number of aromatic hydroxyl groups is 1. The van der Waals surface area contributed by atoms with Crippen LogP contribution in [0.3, 0.4) is 0 Å². The highest BCUT2D eigenvalue weighted by Gasteiger charge is 2.18. The molecule has 5 rings (SSSR count). The number of nitrogens with two attached hydrogens (primary N) is 1. The molecule has 3 heterocycles. The summed E-state index contributed by atoms with van der Waals surface area (Å²) in [6.45, 7) is 1.41. The summed E-state index contributed by atoms with van der Waals surface area (Å²) in [5.41, 5.74) is 10.9. The number of rotatable bonds is 4.